The lowest BCUT2D eigenvalue weighted by molar-refractivity contribution is 0.469. The average molecular weight is 387 g/mol. The molecule has 0 radical (unpaired) electrons. The zero-order valence-electron chi connectivity index (χ0n) is 7.51. The molecule has 0 unspecified atom stereocenters. The minimum absolute atomic E-state index is 0.0412. The van der Waals surface area contributed by atoms with Crippen LogP contribution in [0.25, 0.3) is 0 Å². The number of ether oxygens (including phenoxy) is 1. The van der Waals surface area contributed by atoms with Crippen molar-refractivity contribution in [3.63, 3.8) is 0 Å². The van der Waals surface area contributed by atoms with E-state index in [-0.39, 0.29) is 5.02 Å². The molecule has 1 heterocycles. The van der Waals surface area contributed by atoms with Gasteiger partial charge in [-0.05, 0) is 37.9 Å². The highest BCUT2D eigenvalue weighted by molar-refractivity contribution is 9.10. The molecule has 0 saturated carbocycles. The fourth-order valence-corrected chi connectivity index (χ4v) is 2.78. The van der Waals surface area contributed by atoms with E-state index in [9.17, 15) is 4.39 Å². The van der Waals surface area contributed by atoms with Crippen molar-refractivity contribution in [3.05, 3.63) is 37.4 Å². The maximum atomic E-state index is 13.2. The zero-order valence-corrected chi connectivity index (χ0v) is 12.3. The van der Waals surface area contributed by atoms with Crippen molar-refractivity contribution >= 4 is 54.8 Å². The van der Waals surface area contributed by atoms with Crippen molar-refractivity contribution in [2.75, 3.05) is 0 Å². The topological polar surface area (TPSA) is 22.1 Å². The molecular weight excluding hydrogens is 384 g/mol. The summed E-state index contributed by atoms with van der Waals surface area (Å²) in [6.07, 6.45) is 0. The third kappa shape index (κ3) is 2.74. The summed E-state index contributed by atoms with van der Waals surface area (Å²) in [5, 5.41) is 2.24. The number of hydrogen-bond acceptors (Lipinski definition) is 3. The van der Waals surface area contributed by atoms with Crippen LogP contribution >= 0.6 is 54.8 Å². The van der Waals surface area contributed by atoms with E-state index in [1.807, 2.05) is 0 Å². The molecule has 16 heavy (non-hydrogen) atoms. The van der Waals surface area contributed by atoms with E-state index in [1.165, 1.54) is 23.5 Å². The maximum Gasteiger partial charge on any atom is 0.279 e. The van der Waals surface area contributed by atoms with E-state index in [0.717, 1.165) is 0 Å². The van der Waals surface area contributed by atoms with Gasteiger partial charge in [-0.25, -0.2) is 4.39 Å². The van der Waals surface area contributed by atoms with Gasteiger partial charge in [0.05, 0.1) is 9.50 Å². The zero-order chi connectivity index (χ0) is 11.7. The van der Waals surface area contributed by atoms with Crippen LogP contribution < -0.4 is 4.74 Å². The first-order chi connectivity index (χ1) is 7.56. The van der Waals surface area contributed by atoms with Gasteiger partial charge in [-0.3, -0.25) is 0 Å². The molecule has 0 amide bonds. The number of rotatable bonds is 2. The predicted molar refractivity (Wildman–Crippen MR) is 69.0 cm³/mol. The molecule has 7 heteroatoms. The summed E-state index contributed by atoms with van der Waals surface area (Å²) >= 11 is 13.4. The minimum atomic E-state index is -0.532. The lowest BCUT2D eigenvalue weighted by Gasteiger charge is -2.05. The summed E-state index contributed by atoms with van der Waals surface area (Å²) in [7, 11) is 0. The Kier molecular flexibility index (Phi) is 3.84. The molecule has 2 nitrogen and oxygen atoms in total. The van der Waals surface area contributed by atoms with Gasteiger partial charge in [0.25, 0.3) is 5.19 Å². The van der Waals surface area contributed by atoms with E-state index in [0.29, 0.717) is 20.0 Å². The molecule has 0 bridgehead atoms. The lowest BCUT2D eigenvalue weighted by atomic mass is 10.3. The molecule has 1 aromatic heterocycles. The molecule has 0 N–H and O–H groups in total. The van der Waals surface area contributed by atoms with Gasteiger partial charge in [-0.1, -0.05) is 22.9 Å². The van der Waals surface area contributed by atoms with Crippen molar-refractivity contribution in [1.82, 2.24) is 4.98 Å². The third-order valence-corrected chi connectivity index (χ3v) is 3.96. The van der Waals surface area contributed by atoms with E-state index in [4.69, 9.17) is 16.3 Å². The second kappa shape index (κ2) is 5.00. The predicted octanol–water partition coefficient (Wildman–Crippen LogP) is 5.25. The smallest absolute Gasteiger partial charge is 0.279 e. The van der Waals surface area contributed by atoms with Gasteiger partial charge >= 0.3 is 0 Å². The fraction of sp³-hybridized carbons (Fsp3) is 0. The Morgan fingerprint density at radius 3 is 2.75 bits per heavy atom. The Morgan fingerprint density at radius 2 is 2.12 bits per heavy atom. The van der Waals surface area contributed by atoms with Gasteiger partial charge in [0.1, 0.15) is 16.2 Å². The average Bonchev–Trinajstić information content (AvgIpc) is 2.60. The number of halogens is 4. The Hall–Kier alpha value is -0.170. The second-order valence-corrected chi connectivity index (χ2v) is 5.63. The molecule has 0 fully saturated rings. The highest BCUT2D eigenvalue weighted by atomic mass is 79.9. The van der Waals surface area contributed by atoms with Crippen LogP contribution in [0.2, 0.25) is 5.02 Å². The van der Waals surface area contributed by atoms with Crippen LogP contribution in [0.4, 0.5) is 4.39 Å². The first-order valence-electron chi connectivity index (χ1n) is 3.99. The van der Waals surface area contributed by atoms with Crippen LogP contribution in [-0.4, -0.2) is 4.98 Å². The molecule has 0 spiro atoms. The van der Waals surface area contributed by atoms with Crippen molar-refractivity contribution in [2.45, 2.75) is 0 Å². The first-order valence-corrected chi connectivity index (χ1v) is 6.84. The molecule has 84 valence electrons. The Labute approximate surface area is 117 Å². The molecule has 0 atom stereocenters. The van der Waals surface area contributed by atoms with Crippen LogP contribution in [0.5, 0.6) is 10.9 Å². The van der Waals surface area contributed by atoms with E-state index in [2.05, 4.69) is 36.8 Å². The monoisotopic (exact) mass is 385 g/mol. The van der Waals surface area contributed by atoms with Crippen molar-refractivity contribution < 1.29 is 9.13 Å². The Morgan fingerprint density at radius 1 is 1.38 bits per heavy atom. The van der Waals surface area contributed by atoms with Crippen molar-refractivity contribution in [3.8, 4) is 10.9 Å². The summed E-state index contributed by atoms with van der Waals surface area (Å²) < 4.78 is 19.9. The third-order valence-electron chi connectivity index (χ3n) is 1.63. The number of nitrogens with zero attached hydrogens (tertiary/aromatic N) is 1. The number of aromatic nitrogens is 1. The molecule has 0 aliphatic heterocycles. The van der Waals surface area contributed by atoms with E-state index in [1.54, 1.807) is 5.38 Å². The lowest BCUT2D eigenvalue weighted by Crippen LogP contribution is -1.87. The van der Waals surface area contributed by atoms with Crippen LogP contribution in [0.3, 0.4) is 0 Å². The minimum Gasteiger partial charge on any atom is -0.430 e. The molecular formula is C9H3Br2ClFNOS. The van der Waals surface area contributed by atoms with E-state index >= 15 is 0 Å². The van der Waals surface area contributed by atoms with Gasteiger partial charge in [0.15, 0.2) is 0 Å². The van der Waals surface area contributed by atoms with Crippen molar-refractivity contribution in [2.24, 2.45) is 0 Å². The van der Waals surface area contributed by atoms with Crippen LogP contribution in [-0.2, 0) is 0 Å². The quantitative estimate of drug-likeness (QED) is 0.657. The summed E-state index contributed by atoms with van der Waals surface area (Å²) in [4.78, 5) is 4.04. The van der Waals surface area contributed by atoms with Crippen LogP contribution in [0, 0.1) is 5.82 Å². The molecule has 0 aliphatic rings. The highest BCUT2D eigenvalue weighted by Gasteiger charge is 2.10. The van der Waals surface area contributed by atoms with Gasteiger partial charge in [-0.15, -0.1) is 0 Å². The number of benzene rings is 1. The summed E-state index contributed by atoms with van der Waals surface area (Å²) in [6.45, 7) is 0. The van der Waals surface area contributed by atoms with Crippen LogP contribution in [0.15, 0.2) is 26.6 Å². The largest absolute Gasteiger partial charge is 0.430 e. The Bertz CT molecular complexity index is 534. The number of thiazole rings is 1. The van der Waals surface area contributed by atoms with Gasteiger partial charge < -0.3 is 4.74 Å². The van der Waals surface area contributed by atoms with Gasteiger partial charge in [0.2, 0.25) is 0 Å². The van der Waals surface area contributed by atoms with Crippen LogP contribution in [0.1, 0.15) is 0 Å². The summed E-state index contributed by atoms with van der Waals surface area (Å²) in [6, 6.07) is 2.65. The molecule has 2 rings (SSSR count). The van der Waals surface area contributed by atoms with Crippen molar-refractivity contribution in [1.29, 1.82) is 0 Å². The maximum absolute atomic E-state index is 13.2. The summed E-state index contributed by atoms with van der Waals surface area (Å²) in [5.74, 6) is -0.195. The second-order valence-electron chi connectivity index (χ2n) is 2.73. The molecule has 2 aromatic rings. The number of hydrogen-bond donors (Lipinski definition) is 0. The van der Waals surface area contributed by atoms with E-state index < -0.39 is 5.82 Å². The molecule has 1 aromatic carbocycles. The normalized spacial score (nSPS) is 10.5. The molecule has 0 aliphatic carbocycles. The standard InChI is InChI=1S/C9H3Br2ClFNOS/c10-4-1-5(12)6(13)2-7(4)15-9-14-8(11)3-16-9/h1-3H. The molecule has 0 saturated heterocycles. The van der Waals surface area contributed by atoms with Gasteiger partial charge in [0, 0.05) is 11.4 Å². The fourth-order valence-electron chi connectivity index (χ4n) is 0.962. The summed E-state index contributed by atoms with van der Waals surface area (Å²) in [5.41, 5.74) is 0. The SMILES string of the molecule is Fc1cc(Oc2nc(Br)cs2)c(Br)cc1Cl. The highest BCUT2D eigenvalue weighted by Crippen LogP contribution is 2.35. The van der Waals surface area contributed by atoms with Gasteiger partial charge in [-0.2, -0.15) is 4.98 Å². The first kappa shape index (κ1) is 12.3. The Balaban J connectivity index is 2.31.